The number of hydrogen-bond donors (Lipinski definition) is 1. The number of rotatable bonds is 9. The molecule has 3 heterocycles. The van der Waals surface area contributed by atoms with Crippen LogP contribution in [0.1, 0.15) is 40.8 Å². The van der Waals surface area contributed by atoms with Crippen LogP contribution in [0.5, 0.6) is 0 Å². The molecule has 5 atom stereocenters. The van der Waals surface area contributed by atoms with E-state index in [9.17, 15) is 18.9 Å². The predicted molar refractivity (Wildman–Crippen MR) is 126 cm³/mol. The maximum Gasteiger partial charge on any atom is 0.353 e. The Morgan fingerprint density at radius 3 is 2.59 bits per heavy atom. The molecule has 2 aliphatic heterocycles. The summed E-state index contributed by atoms with van der Waals surface area (Å²) in [6.45, 7) is 12.3. The van der Waals surface area contributed by atoms with Gasteiger partial charge >= 0.3 is 13.3 Å². The number of carbonyl (C=O) groups is 1. The first-order chi connectivity index (χ1) is 15.7. The minimum Gasteiger partial charge on any atom is -0.346 e. The number of hydrogen-bond acceptors (Lipinski definition) is 10. The average molecular weight is 519 g/mol. The normalized spacial score (nSPS) is 27.8. The minimum absolute atomic E-state index is 0.000360. The Morgan fingerprint density at radius 2 is 1.97 bits per heavy atom. The molecule has 190 valence electrons. The number of aromatic amines is 1. The van der Waals surface area contributed by atoms with Gasteiger partial charge in [-0.3, -0.25) is 23.7 Å². The van der Waals surface area contributed by atoms with Crippen molar-refractivity contribution in [2.75, 3.05) is 19.0 Å². The lowest BCUT2D eigenvalue weighted by Crippen LogP contribution is -2.37. The van der Waals surface area contributed by atoms with Crippen molar-refractivity contribution in [3.8, 4) is 0 Å². The quantitative estimate of drug-likeness (QED) is 0.384. The Morgan fingerprint density at radius 1 is 1.29 bits per heavy atom. The second kappa shape index (κ2) is 10.2. The Labute approximate surface area is 201 Å². The molecule has 2 fully saturated rings. The molecule has 0 aromatic carbocycles. The van der Waals surface area contributed by atoms with Crippen LogP contribution >= 0.6 is 19.4 Å². The molecule has 0 aliphatic carbocycles. The Kier molecular flexibility index (Phi) is 8.13. The van der Waals surface area contributed by atoms with Gasteiger partial charge < -0.3 is 23.3 Å². The zero-order valence-corrected chi connectivity index (χ0v) is 21.6. The minimum atomic E-state index is -3.68. The summed E-state index contributed by atoms with van der Waals surface area (Å²) in [5.74, 6) is 0.455. The summed E-state index contributed by atoms with van der Waals surface area (Å²) in [7, 11) is -3.68. The van der Waals surface area contributed by atoms with Crippen LogP contribution in [0.4, 0.5) is 0 Å². The molecule has 1 N–H and O–H groups in total. The third-order valence-corrected chi connectivity index (χ3v) is 7.84. The van der Waals surface area contributed by atoms with E-state index in [-0.39, 0.29) is 18.3 Å². The second-order valence-electron chi connectivity index (χ2n) is 9.38. The van der Waals surface area contributed by atoms with E-state index in [1.54, 1.807) is 13.8 Å². The van der Waals surface area contributed by atoms with E-state index in [2.05, 4.69) is 11.6 Å². The number of nitrogens with zero attached hydrogens (tertiary/aromatic N) is 1. The highest BCUT2D eigenvalue weighted by Crippen LogP contribution is 2.51. The number of ether oxygens (including phenoxy) is 3. The highest BCUT2D eigenvalue weighted by Gasteiger charge is 2.56. The van der Waals surface area contributed by atoms with Crippen molar-refractivity contribution in [2.45, 2.75) is 64.9 Å². The molecule has 11 nitrogen and oxygen atoms in total. The SMILES string of the molecule is C=CP(=O)(OCCSC(=O)C(C)(C)C)OC[C@H]1O[C@@H](n2ccc(=O)[nH]c2=O)[C@@H]2OC(C)(C)O[C@@H]21. The second-order valence-corrected chi connectivity index (χ2v) is 12.4. The number of nitrogens with one attached hydrogen (secondary N) is 1. The van der Waals surface area contributed by atoms with E-state index in [1.165, 1.54) is 16.8 Å². The molecule has 1 aromatic heterocycles. The molecule has 0 saturated carbocycles. The van der Waals surface area contributed by atoms with E-state index >= 15 is 0 Å². The van der Waals surface area contributed by atoms with Crippen LogP contribution in [0.3, 0.4) is 0 Å². The van der Waals surface area contributed by atoms with Gasteiger partial charge in [0.05, 0.1) is 13.2 Å². The van der Waals surface area contributed by atoms with Crippen molar-refractivity contribution in [1.82, 2.24) is 9.55 Å². The van der Waals surface area contributed by atoms with Gasteiger partial charge in [-0.1, -0.05) is 39.1 Å². The zero-order valence-electron chi connectivity index (χ0n) is 19.8. The Balaban J connectivity index is 1.65. The maximum absolute atomic E-state index is 13.0. The summed E-state index contributed by atoms with van der Waals surface area (Å²) in [4.78, 5) is 37.9. The van der Waals surface area contributed by atoms with Gasteiger partial charge in [-0.15, -0.1) is 0 Å². The van der Waals surface area contributed by atoms with Gasteiger partial charge in [0.2, 0.25) is 0 Å². The zero-order chi connectivity index (χ0) is 25.3. The first-order valence-electron chi connectivity index (χ1n) is 10.8. The molecule has 0 bridgehead atoms. The number of thioether (sulfide) groups is 1. The van der Waals surface area contributed by atoms with Gasteiger partial charge in [0, 0.05) is 29.2 Å². The van der Waals surface area contributed by atoms with Crippen LogP contribution in [-0.4, -0.2) is 57.7 Å². The summed E-state index contributed by atoms with van der Waals surface area (Å²) < 4.78 is 43.0. The van der Waals surface area contributed by atoms with Crippen LogP contribution in [0, 0.1) is 5.41 Å². The largest absolute Gasteiger partial charge is 0.353 e. The molecule has 1 unspecified atom stereocenters. The molecule has 3 rings (SSSR count). The van der Waals surface area contributed by atoms with Crippen molar-refractivity contribution in [3.05, 3.63) is 45.5 Å². The third-order valence-electron chi connectivity index (χ3n) is 5.09. The van der Waals surface area contributed by atoms with Crippen molar-refractivity contribution >= 4 is 24.5 Å². The number of carbonyl (C=O) groups excluding carboxylic acids is 1. The van der Waals surface area contributed by atoms with Crippen molar-refractivity contribution in [2.24, 2.45) is 5.41 Å². The van der Waals surface area contributed by atoms with Crippen molar-refractivity contribution < 1.29 is 32.6 Å². The van der Waals surface area contributed by atoms with Crippen LogP contribution in [0.15, 0.2) is 34.2 Å². The molecule has 0 spiro atoms. The van der Waals surface area contributed by atoms with E-state index in [0.29, 0.717) is 5.75 Å². The molecule has 2 saturated heterocycles. The summed E-state index contributed by atoms with van der Waals surface area (Å²) in [6, 6.07) is 1.20. The first kappa shape index (κ1) is 27.1. The fourth-order valence-electron chi connectivity index (χ4n) is 3.48. The number of fused-ring (bicyclic) bond motifs is 1. The number of aromatic nitrogens is 2. The van der Waals surface area contributed by atoms with Gasteiger partial charge in [0.25, 0.3) is 5.56 Å². The average Bonchev–Trinajstić information content (AvgIpc) is 3.22. The molecular formula is C21H31N2O9PS. The molecular weight excluding hydrogens is 487 g/mol. The van der Waals surface area contributed by atoms with Crippen LogP contribution in [0.2, 0.25) is 0 Å². The summed E-state index contributed by atoms with van der Waals surface area (Å²) >= 11 is 1.10. The summed E-state index contributed by atoms with van der Waals surface area (Å²) in [5.41, 5.74) is -1.68. The van der Waals surface area contributed by atoms with E-state index in [4.69, 9.17) is 23.3 Å². The summed E-state index contributed by atoms with van der Waals surface area (Å²) in [5, 5.41) is 0.000360. The first-order valence-corrected chi connectivity index (χ1v) is 13.4. The van der Waals surface area contributed by atoms with Gasteiger partial charge in [0.1, 0.15) is 18.3 Å². The van der Waals surface area contributed by atoms with Gasteiger partial charge in [0.15, 0.2) is 17.1 Å². The standard InChI is InChI=1S/C21H31N2O9PS/c1-7-33(27,28-10-11-34-18(25)20(2,3)4)29-12-13-15-16(32-21(5,6)31-15)17(30-13)23-9-8-14(24)22-19(23)26/h7-9,13,15-17H,1,10-12H2,2-6H3,(H,22,24,26)/t13-,15-,16-,17-,33?/m1/s1. The third kappa shape index (κ3) is 6.37. The van der Waals surface area contributed by atoms with Gasteiger partial charge in [-0.05, 0) is 13.8 Å². The Hall–Kier alpha value is -1.53. The van der Waals surface area contributed by atoms with E-state index < -0.39 is 54.6 Å². The highest BCUT2D eigenvalue weighted by atomic mass is 32.2. The molecule has 0 radical (unpaired) electrons. The monoisotopic (exact) mass is 518 g/mol. The fourth-order valence-corrected chi connectivity index (χ4v) is 5.37. The lowest BCUT2D eigenvalue weighted by molar-refractivity contribution is -0.200. The fraction of sp³-hybridized carbons (Fsp3) is 0.667. The molecule has 1 aromatic rings. The summed E-state index contributed by atoms with van der Waals surface area (Å²) in [6.07, 6.45) is -1.62. The van der Waals surface area contributed by atoms with E-state index in [1.807, 2.05) is 20.8 Å². The highest BCUT2D eigenvalue weighted by molar-refractivity contribution is 8.13. The van der Waals surface area contributed by atoms with Gasteiger partial charge in [-0.25, -0.2) is 4.79 Å². The predicted octanol–water partition coefficient (Wildman–Crippen LogP) is 2.63. The smallest absolute Gasteiger partial charge is 0.346 e. The van der Waals surface area contributed by atoms with Crippen LogP contribution in [0.25, 0.3) is 0 Å². The maximum atomic E-state index is 13.0. The van der Waals surface area contributed by atoms with Gasteiger partial charge in [-0.2, -0.15) is 0 Å². The topological polar surface area (TPSA) is 135 Å². The van der Waals surface area contributed by atoms with E-state index in [0.717, 1.165) is 17.6 Å². The lowest BCUT2D eigenvalue weighted by Gasteiger charge is -2.25. The lowest BCUT2D eigenvalue weighted by atomic mass is 10.00. The molecule has 2 aliphatic rings. The molecule has 34 heavy (non-hydrogen) atoms. The van der Waals surface area contributed by atoms with Crippen molar-refractivity contribution in [3.63, 3.8) is 0 Å². The van der Waals surface area contributed by atoms with Crippen LogP contribution < -0.4 is 11.2 Å². The molecule has 0 amide bonds. The van der Waals surface area contributed by atoms with Crippen LogP contribution in [-0.2, 0) is 32.6 Å². The molecule has 13 heteroatoms. The Bertz CT molecular complexity index is 1080. The number of H-pyrrole nitrogens is 1. The van der Waals surface area contributed by atoms with Crippen molar-refractivity contribution in [1.29, 1.82) is 0 Å².